The van der Waals surface area contributed by atoms with Crippen molar-refractivity contribution in [2.45, 2.75) is 55.6 Å². The first-order chi connectivity index (χ1) is 24.0. The number of aliphatic hydroxyl groups is 1. The molecule has 4 aromatic carbocycles. The number of halogens is 2. The van der Waals surface area contributed by atoms with Crippen LogP contribution in [-0.4, -0.2) is 50.0 Å². The van der Waals surface area contributed by atoms with Gasteiger partial charge < -0.3 is 9.67 Å². The molecule has 1 fully saturated rings. The molecule has 0 saturated heterocycles. The molecular weight excluding hydrogens is 715 g/mol. The minimum absolute atomic E-state index is 0.142. The summed E-state index contributed by atoms with van der Waals surface area (Å²) in [6, 6.07) is 27.4. The number of hydrogen-bond acceptors (Lipinski definition) is 6. The number of sulfone groups is 1. The first kappa shape index (κ1) is 36.1. The molecule has 0 atom stereocenters. The van der Waals surface area contributed by atoms with Crippen LogP contribution < -0.4 is 9.03 Å². The third kappa shape index (κ3) is 7.78. The largest absolute Gasteiger partial charge is 0.380 e. The number of aliphatic hydroxyl groups excluding tert-OH is 1. The summed E-state index contributed by atoms with van der Waals surface area (Å²) >= 11 is 12.8. The molecule has 50 heavy (non-hydrogen) atoms. The molecular formula is C37H38Cl2N4O5S2. The molecule has 1 aliphatic rings. The Morgan fingerprint density at radius 1 is 0.880 bits per heavy atom. The molecule has 0 unspecified atom stereocenters. The topological polar surface area (TPSA) is 122 Å². The van der Waals surface area contributed by atoms with Crippen molar-refractivity contribution in [2.75, 3.05) is 17.6 Å². The van der Waals surface area contributed by atoms with Crippen LogP contribution in [0, 0.1) is 0 Å². The number of nitrogens with one attached hydrogen (secondary N) is 1. The molecule has 0 amide bonds. The zero-order valence-corrected chi connectivity index (χ0v) is 30.6. The Morgan fingerprint density at radius 2 is 1.62 bits per heavy atom. The van der Waals surface area contributed by atoms with Crippen molar-refractivity contribution in [3.05, 3.63) is 119 Å². The van der Waals surface area contributed by atoms with Crippen molar-refractivity contribution < 1.29 is 21.9 Å². The fraction of sp³-hybridized carbons (Fsp3) is 0.270. The maximum absolute atomic E-state index is 13.4. The highest BCUT2D eigenvalue weighted by atomic mass is 35.5. The zero-order valence-electron chi connectivity index (χ0n) is 27.5. The van der Waals surface area contributed by atoms with E-state index in [1.807, 2.05) is 47.2 Å². The monoisotopic (exact) mass is 752 g/mol. The van der Waals surface area contributed by atoms with Crippen LogP contribution >= 0.6 is 23.2 Å². The highest BCUT2D eigenvalue weighted by Gasteiger charge is 2.29. The molecule has 5 aromatic rings. The molecule has 0 spiro atoms. The summed E-state index contributed by atoms with van der Waals surface area (Å²) in [5.41, 5.74) is 5.08. The van der Waals surface area contributed by atoms with Gasteiger partial charge >= 0.3 is 10.2 Å². The lowest BCUT2D eigenvalue weighted by atomic mass is 10.0. The Bertz CT molecular complexity index is 2200. The first-order valence-electron chi connectivity index (χ1n) is 16.5. The fourth-order valence-electron chi connectivity index (χ4n) is 6.46. The average Bonchev–Trinajstić information content (AvgIpc) is 3.52. The van der Waals surface area contributed by atoms with Gasteiger partial charge in [-0.3, -0.25) is 4.31 Å². The molecule has 0 bridgehead atoms. The van der Waals surface area contributed by atoms with Crippen molar-refractivity contribution in [3.8, 4) is 28.1 Å². The van der Waals surface area contributed by atoms with Gasteiger partial charge in [0, 0.05) is 35.4 Å². The second-order valence-corrected chi connectivity index (χ2v) is 17.0. The van der Waals surface area contributed by atoms with E-state index in [0.29, 0.717) is 62.7 Å². The van der Waals surface area contributed by atoms with E-state index in [1.54, 1.807) is 61.5 Å². The predicted molar refractivity (Wildman–Crippen MR) is 200 cm³/mol. The van der Waals surface area contributed by atoms with Crippen LogP contribution in [0.2, 0.25) is 10.0 Å². The molecule has 0 radical (unpaired) electrons. The van der Waals surface area contributed by atoms with E-state index >= 15 is 0 Å². The molecule has 9 nitrogen and oxygen atoms in total. The van der Waals surface area contributed by atoms with Gasteiger partial charge in [0.05, 0.1) is 26.5 Å². The summed E-state index contributed by atoms with van der Waals surface area (Å²) in [4.78, 5) is 5.34. The van der Waals surface area contributed by atoms with Gasteiger partial charge in [0.1, 0.15) is 12.6 Å². The summed E-state index contributed by atoms with van der Waals surface area (Å²) in [5.74, 6) is 0.677. The number of benzene rings is 4. The number of nitrogens with zero attached hydrogens (tertiary/aromatic N) is 3. The van der Waals surface area contributed by atoms with E-state index in [2.05, 4.69) is 4.72 Å². The predicted octanol–water partition coefficient (Wildman–Crippen LogP) is 7.82. The summed E-state index contributed by atoms with van der Waals surface area (Å²) in [7, 11) is -7.38. The van der Waals surface area contributed by atoms with Gasteiger partial charge in [0.25, 0.3) is 0 Å². The van der Waals surface area contributed by atoms with Gasteiger partial charge in [-0.25, -0.2) is 13.4 Å². The first-order valence-corrected chi connectivity index (χ1v) is 20.2. The van der Waals surface area contributed by atoms with E-state index < -0.39 is 26.8 Å². The standard InChI is InChI=1S/C37H38Cl2N4O5S2/c1-2-43(50(47,48)40-25-44)31-10-7-9-30(23-31)42-24-36(34-19-18-29(38)22-35(34)39)41-37(42)20-26-14-16-27(17-15-26)28-8-6-13-33(21-28)49(45,46)32-11-4-3-5-12-32/h6-10,13-19,21-24,32,40,44H,2-5,11-12,20,25H2,1H3. The van der Waals surface area contributed by atoms with E-state index in [-0.39, 0.29) is 11.8 Å². The minimum atomic E-state index is -3.98. The highest BCUT2D eigenvalue weighted by molar-refractivity contribution is 7.92. The number of rotatable bonds is 12. The Morgan fingerprint density at radius 3 is 2.32 bits per heavy atom. The SMILES string of the molecule is CCN(c1cccc(-n2cc(-c3ccc(Cl)cc3Cl)nc2Cc2ccc(-c3cccc(S(=O)(=O)C4CCCCC4)c3)cc2)c1)S(=O)(=O)NCO. The van der Waals surface area contributed by atoms with Crippen molar-refractivity contribution in [1.29, 1.82) is 0 Å². The van der Waals surface area contributed by atoms with Crippen LogP contribution in [0.3, 0.4) is 0 Å². The van der Waals surface area contributed by atoms with Crippen LogP contribution in [0.4, 0.5) is 5.69 Å². The Hall–Kier alpha value is -3.71. The normalized spacial score (nSPS) is 14.2. The molecule has 1 aromatic heterocycles. The third-order valence-corrected chi connectivity index (χ3v) is 13.4. The molecule has 2 N–H and O–H groups in total. The molecule has 13 heteroatoms. The van der Waals surface area contributed by atoms with Crippen LogP contribution in [0.25, 0.3) is 28.1 Å². The van der Waals surface area contributed by atoms with E-state index in [1.165, 1.54) is 4.31 Å². The Balaban J connectivity index is 1.34. The number of hydrogen-bond donors (Lipinski definition) is 2. The minimum Gasteiger partial charge on any atom is -0.380 e. The number of aromatic nitrogens is 2. The van der Waals surface area contributed by atoms with E-state index in [0.717, 1.165) is 36.0 Å². The van der Waals surface area contributed by atoms with Crippen molar-refractivity contribution in [1.82, 2.24) is 14.3 Å². The lowest BCUT2D eigenvalue weighted by Gasteiger charge is -2.23. The maximum Gasteiger partial charge on any atom is 0.303 e. The second kappa shape index (κ2) is 15.3. The second-order valence-electron chi connectivity index (χ2n) is 12.2. The summed E-state index contributed by atoms with van der Waals surface area (Å²) in [6.07, 6.45) is 6.69. The van der Waals surface area contributed by atoms with Gasteiger partial charge in [-0.15, -0.1) is 0 Å². The van der Waals surface area contributed by atoms with Crippen LogP contribution in [-0.2, 0) is 26.5 Å². The Kier molecular flexibility index (Phi) is 11.0. The molecule has 1 saturated carbocycles. The lowest BCUT2D eigenvalue weighted by Crippen LogP contribution is -2.41. The van der Waals surface area contributed by atoms with Gasteiger partial charge in [-0.2, -0.15) is 13.1 Å². The zero-order chi connectivity index (χ0) is 35.5. The maximum atomic E-state index is 13.4. The number of imidazole rings is 1. The van der Waals surface area contributed by atoms with Crippen molar-refractivity contribution in [3.63, 3.8) is 0 Å². The summed E-state index contributed by atoms with van der Waals surface area (Å²) < 4.78 is 57.7. The van der Waals surface area contributed by atoms with Crippen molar-refractivity contribution >= 4 is 48.9 Å². The number of anilines is 1. The highest BCUT2D eigenvalue weighted by Crippen LogP contribution is 2.34. The van der Waals surface area contributed by atoms with Crippen LogP contribution in [0.15, 0.2) is 102 Å². The quantitative estimate of drug-likeness (QED) is 0.125. The Labute approximate surface area is 303 Å². The smallest absolute Gasteiger partial charge is 0.303 e. The fourth-order valence-corrected chi connectivity index (χ4v) is 9.91. The van der Waals surface area contributed by atoms with Gasteiger partial charge in [-0.05, 0) is 85.0 Å². The van der Waals surface area contributed by atoms with Crippen molar-refractivity contribution in [2.24, 2.45) is 0 Å². The van der Waals surface area contributed by atoms with Crippen LogP contribution in [0.5, 0.6) is 0 Å². The summed E-state index contributed by atoms with van der Waals surface area (Å²) in [5, 5.41) is 9.88. The van der Waals surface area contributed by atoms with Gasteiger partial charge in [0.2, 0.25) is 0 Å². The lowest BCUT2D eigenvalue weighted by molar-refractivity contribution is 0.288. The van der Waals surface area contributed by atoms with E-state index in [9.17, 15) is 21.9 Å². The van der Waals surface area contributed by atoms with Gasteiger partial charge in [0.15, 0.2) is 9.84 Å². The summed E-state index contributed by atoms with van der Waals surface area (Å²) in [6.45, 7) is 1.13. The molecule has 1 heterocycles. The molecule has 1 aliphatic carbocycles. The molecule has 6 rings (SSSR count). The molecule has 0 aliphatic heterocycles. The molecule has 262 valence electrons. The van der Waals surface area contributed by atoms with Gasteiger partial charge in [-0.1, -0.05) is 84.9 Å². The third-order valence-electron chi connectivity index (χ3n) is 9.01. The van der Waals surface area contributed by atoms with E-state index in [4.69, 9.17) is 28.2 Å². The average molecular weight is 754 g/mol. The van der Waals surface area contributed by atoms with Crippen LogP contribution in [0.1, 0.15) is 50.4 Å².